The van der Waals surface area contributed by atoms with Gasteiger partial charge in [-0.3, -0.25) is 4.90 Å². The molecule has 1 aliphatic heterocycles. The summed E-state index contributed by atoms with van der Waals surface area (Å²) in [5.74, 6) is 0.847. The first-order chi connectivity index (χ1) is 8.31. The summed E-state index contributed by atoms with van der Waals surface area (Å²) in [5.41, 5.74) is 5.51. The van der Waals surface area contributed by atoms with Crippen molar-refractivity contribution in [2.75, 3.05) is 44.2 Å². The van der Waals surface area contributed by atoms with Crippen molar-refractivity contribution < 1.29 is 0 Å². The Morgan fingerprint density at radius 3 is 2.71 bits per heavy atom. The zero-order chi connectivity index (χ0) is 12.1. The lowest BCUT2D eigenvalue weighted by Crippen LogP contribution is -2.47. The molecule has 94 valence electrons. The Labute approximate surface area is 107 Å². The Kier molecular flexibility index (Phi) is 4.53. The summed E-state index contributed by atoms with van der Waals surface area (Å²) in [6.45, 7) is 5.85. The fraction of sp³-hybridized carbons (Fsp3) is 0.636. The number of hydrogen-bond donors (Lipinski definition) is 1. The Hall–Kier alpha value is -0.910. The number of anilines is 1. The maximum Gasteiger partial charge on any atom is 0.150 e. The van der Waals surface area contributed by atoms with Gasteiger partial charge in [0.1, 0.15) is 11.3 Å². The highest BCUT2D eigenvalue weighted by atomic mass is 35.5. The minimum Gasteiger partial charge on any atom is -0.353 e. The van der Waals surface area contributed by atoms with Crippen LogP contribution >= 0.6 is 11.6 Å². The molecule has 0 saturated carbocycles. The van der Waals surface area contributed by atoms with Crippen LogP contribution < -0.4 is 10.6 Å². The normalized spacial score (nSPS) is 17.4. The summed E-state index contributed by atoms with van der Waals surface area (Å²) < 4.78 is 0. The summed E-state index contributed by atoms with van der Waals surface area (Å²) in [6, 6.07) is 0. The average Bonchev–Trinajstić information content (AvgIpc) is 2.38. The fourth-order valence-electron chi connectivity index (χ4n) is 2.04. The average molecular weight is 256 g/mol. The molecule has 0 aromatic carbocycles. The molecular formula is C11H18ClN5. The zero-order valence-electron chi connectivity index (χ0n) is 9.85. The van der Waals surface area contributed by atoms with Crippen LogP contribution in [0.15, 0.2) is 12.5 Å². The van der Waals surface area contributed by atoms with Crippen molar-refractivity contribution in [3.05, 3.63) is 17.5 Å². The molecule has 1 aromatic heterocycles. The highest BCUT2D eigenvalue weighted by molar-refractivity contribution is 6.32. The number of aromatic nitrogens is 2. The summed E-state index contributed by atoms with van der Waals surface area (Å²) in [4.78, 5) is 12.8. The van der Waals surface area contributed by atoms with Crippen molar-refractivity contribution in [3.8, 4) is 0 Å². The molecule has 0 radical (unpaired) electrons. The Bertz CT molecular complexity index is 351. The SMILES string of the molecule is NCCCN1CCN(c2ncncc2Cl)CC1. The minimum absolute atomic E-state index is 0.628. The highest BCUT2D eigenvalue weighted by Crippen LogP contribution is 2.22. The molecule has 0 unspecified atom stereocenters. The van der Waals surface area contributed by atoms with Gasteiger partial charge in [0, 0.05) is 26.2 Å². The molecule has 5 nitrogen and oxygen atoms in total. The second-order valence-electron chi connectivity index (χ2n) is 4.17. The molecule has 2 N–H and O–H groups in total. The van der Waals surface area contributed by atoms with Gasteiger partial charge in [-0.1, -0.05) is 11.6 Å². The smallest absolute Gasteiger partial charge is 0.150 e. The third-order valence-corrected chi connectivity index (χ3v) is 3.27. The molecular weight excluding hydrogens is 238 g/mol. The van der Waals surface area contributed by atoms with Crippen molar-refractivity contribution in [2.45, 2.75) is 6.42 Å². The molecule has 0 spiro atoms. The van der Waals surface area contributed by atoms with Crippen LogP contribution in [0.5, 0.6) is 0 Å². The van der Waals surface area contributed by atoms with E-state index in [1.165, 1.54) is 0 Å². The first-order valence-electron chi connectivity index (χ1n) is 5.94. The van der Waals surface area contributed by atoms with Crippen molar-refractivity contribution in [1.29, 1.82) is 0 Å². The van der Waals surface area contributed by atoms with Gasteiger partial charge in [-0.25, -0.2) is 9.97 Å². The predicted molar refractivity (Wildman–Crippen MR) is 69.4 cm³/mol. The first kappa shape index (κ1) is 12.5. The van der Waals surface area contributed by atoms with Crippen LogP contribution in [0.4, 0.5) is 5.82 Å². The maximum absolute atomic E-state index is 6.08. The van der Waals surface area contributed by atoms with E-state index >= 15 is 0 Å². The van der Waals surface area contributed by atoms with Gasteiger partial charge in [-0.2, -0.15) is 0 Å². The lowest BCUT2D eigenvalue weighted by atomic mass is 10.3. The molecule has 0 amide bonds. The predicted octanol–water partition coefficient (Wildman–Crippen LogP) is 0.601. The molecule has 1 aliphatic rings. The quantitative estimate of drug-likeness (QED) is 0.854. The van der Waals surface area contributed by atoms with Crippen LogP contribution in [0.2, 0.25) is 5.02 Å². The molecule has 0 aliphatic carbocycles. The monoisotopic (exact) mass is 255 g/mol. The number of piperazine rings is 1. The summed E-state index contributed by atoms with van der Waals surface area (Å²) in [5, 5.41) is 0.628. The van der Waals surface area contributed by atoms with Gasteiger partial charge in [0.05, 0.1) is 6.20 Å². The largest absolute Gasteiger partial charge is 0.353 e. The van der Waals surface area contributed by atoms with E-state index in [0.29, 0.717) is 5.02 Å². The standard InChI is InChI=1S/C11H18ClN5/c12-10-8-14-9-15-11(10)17-6-4-16(5-7-17)3-1-2-13/h8-9H,1-7,13H2. The van der Waals surface area contributed by atoms with Crippen LogP contribution in [0.1, 0.15) is 6.42 Å². The van der Waals surface area contributed by atoms with E-state index in [1.807, 2.05) is 0 Å². The van der Waals surface area contributed by atoms with Crippen molar-refractivity contribution in [2.24, 2.45) is 5.73 Å². The van der Waals surface area contributed by atoms with Gasteiger partial charge in [0.25, 0.3) is 0 Å². The second-order valence-corrected chi connectivity index (χ2v) is 4.57. The van der Waals surface area contributed by atoms with E-state index in [2.05, 4.69) is 19.8 Å². The van der Waals surface area contributed by atoms with Crippen molar-refractivity contribution in [1.82, 2.24) is 14.9 Å². The Balaban J connectivity index is 1.89. The van der Waals surface area contributed by atoms with Crippen LogP contribution in [0.3, 0.4) is 0 Å². The molecule has 0 bridgehead atoms. The highest BCUT2D eigenvalue weighted by Gasteiger charge is 2.19. The molecule has 6 heteroatoms. The fourth-order valence-corrected chi connectivity index (χ4v) is 2.26. The van der Waals surface area contributed by atoms with Gasteiger partial charge in [0.2, 0.25) is 0 Å². The van der Waals surface area contributed by atoms with Gasteiger partial charge in [-0.15, -0.1) is 0 Å². The van der Waals surface area contributed by atoms with Crippen molar-refractivity contribution in [3.63, 3.8) is 0 Å². The van der Waals surface area contributed by atoms with Gasteiger partial charge in [-0.05, 0) is 19.5 Å². The van der Waals surface area contributed by atoms with E-state index < -0.39 is 0 Å². The third-order valence-electron chi connectivity index (χ3n) is 3.00. The number of halogens is 1. The van der Waals surface area contributed by atoms with Crippen molar-refractivity contribution >= 4 is 17.4 Å². The van der Waals surface area contributed by atoms with Crippen LogP contribution in [0.25, 0.3) is 0 Å². The van der Waals surface area contributed by atoms with Crippen LogP contribution in [0, 0.1) is 0 Å². The summed E-state index contributed by atoms with van der Waals surface area (Å²) >= 11 is 6.08. The Morgan fingerprint density at radius 2 is 2.06 bits per heavy atom. The molecule has 17 heavy (non-hydrogen) atoms. The maximum atomic E-state index is 6.08. The van der Waals surface area contributed by atoms with E-state index in [9.17, 15) is 0 Å². The molecule has 0 atom stereocenters. The molecule has 1 saturated heterocycles. The first-order valence-corrected chi connectivity index (χ1v) is 6.32. The minimum atomic E-state index is 0.628. The molecule has 1 aromatic rings. The van der Waals surface area contributed by atoms with E-state index in [-0.39, 0.29) is 0 Å². The molecule has 1 fully saturated rings. The summed E-state index contributed by atoms with van der Waals surface area (Å²) in [6.07, 6.45) is 4.25. The van der Waals surface area contributed by atoms with Gasteiger partial charge >= 0.3 is 0 Å². The van der Waals surface area contributed by atoms with Crippen LogP contribution in [-0.4, -0.2) is 54.1 Å². The number of nitrogens with zero attached hydrogens (tertiary/aromatic N) is 4. The molecule has 2 rings (SSSR count). The van der Waals surface area contributed by atoms with E-state index in [4.69, 9.17) is 17.3 Å². The summed E-state index contributed by atoms with van der Waals surface area (Å²) in [7, 11) is 0. The van der Waals surface area contributed by atoms with Gasteiger partial charge in [0.15, 0.2) is 5.82 Å². The zero-order valence-corrected chi connectivity index (χ0v) is 10.6. The lowest BCUT2D eigenvalue weighted by molar-refractivity contribution is 0.256. The number of hydrogen-bond acceptors (Lipinski definition) is 5. The Morgan fingerprint density at radius 1 is 1.29 bits per heavy atom. The number of rotatable bonds is 4. The van der Waals surface area contributed by atoms with Crippen LogP contribution in [-0.2, 0) is 0 Å². The topological polar surface area (TPSA) is 58.3 Å². The second kappa shape index (κ2) is 6.14. The third kappa shape index (κ3) is 3.28. The van der Waals surface area contributed by atoms with E-state index in [0.717, 1.165) is 51.5 Å². The van der Waals surface area contributed by atoms with Gasteiger partial charge < -0.3 is 10.6 Å². The van der Waals surface area contributed by atoms with E-state index in [1.54, 1.807) is 12.5 Å². The number of nitrogens with two attached hydrogens (primary N) is 1. The lowest BCUT2D eigenvalue weighted by Gasteiger charge is -2.35. The molecule has 2 heterocycles.